The molecule has 4 atom stereocenters. The summed E-state index contributed by atoms with van der Waals surface area (Å²) < 4.78 is 0. The van der Waals surface area contributed by atoms with Gasteiger partial charge in [0.15, 0.2) is 0 Å². The van der Waals surface area contributed by atoms with Gasteiger partial charge in [-0.05, 0) is 44.1 Å². The predicted octanol–water partition coefficient (Wildman–Crippen LogP) is 3.00. The Bertz CT molecular complexity index is 646. The van der Waals surface area contributed by atoms with Crippen LogP contribution >= 0.6 is 0 Å². The number of carbonyl (C=O) groups excluding carboxylic acids is 1. The SMILES string of the molecule is CC(C)=C1[C@H]2CC[C@H]1[C@@H](C(=O)NCc1ccccc1)[C@@H]2C(=O)O. The molecule has 2 aliphatic rings. The van der Waals surface area contributed by atoms with Crippen LogP contribution in [0, 0.1) is 23.7 Å². The average molecular weight is 313 g/mol. The Labute approximate surface area is 136 Å². The van der Waals surface area contributed by atoms with Crippen LogP contribution in [0.25, 0.3) is 0 Å². The summed E-state index contributed by atoms with van der Waals surface area (Å²) >= 11 is 0. The number of nitrogens with one attached hydrogen (secondary N) is 1. The molecule has 0 radical (unpaired) electrons. The van der Waals surface area contributed by atoms with E-state index in [0.717, 1.165) is 18.4 Å². The molecule has 0 aliphatic heterocycles. The van der Waals surface area contributed by atoms with Gasteiger partial charge in [-0.25, -0.2) is 0 Å². The second-order valence-electron chi connectivity index (χ2n) is 6.84. The van der Waals surface area contributed by atoms with Gasteiger partial charge < -0.3 is 10.4 Å². The topological polar surface area (TPSA) is 66.4 Å². The van der Waals surface area contributed by atoms with Crippen molar-refractivity contribution >= 4 is 11.9 Å². The monoisotopic (exact) mass is 313 g/mol. The Balaban J connectivity index is 1.79. The molecule has 23 heavy (non-hydrogen) atoms. The summed E-state index contributed by atoms with van der Waals surface area (Å²) in [6, 6.07) is 9.71. The highest BCUT2D eigenvalue weighted by Crippen LogP contribution is 2.57. The molecule has 1 aromatic rings. The summed E-state index contributed by atoms with van der Waals surface area (Å²) in [5, 5.41) is 12.6. The van der Waals surface area contributed by atoms with Crippen molar-refractivity contribution < 1.29 is 14.7 Å². The van der Waals surface area contributed by atoms with Crippen molar-refractivity contribution in [2.24, 2.45) is 23.7 Å². The first kappa shape index (κ1) is 15.8. The maximum atomic E-state index is 12.7. The Morgan fingerprint density at radius 2 is 1.70 bits per heavy atom. The first-order valence-electron chi connectivity index (χ1n) is 8.22. The summed E-state index contributed by atoms with van der Waals surface area (Å²) in [4.78, 5) is 24.4. The zero-order valence-corrected chi connectivity index (χ0v) is 13.6. The molecule has 2 saturated carbocycles. The first-order chi connectivity index (χ1) is 11.0. The molecular weight excluding hydrogens is 290 g/mol. The molecule has 2 N–H and O–H groups in total. The molecule has 4 heteroatoms. The summed E-state index contributed by atoms with van der Waals surface area (Å²) in [7, 11) is 0. The van der Waals surface area contributed by atoms with Crippen LogP contribution in [0.4, 0.5) is 0 Å². The van der Waals surface area contributed by atoms with E-state index in [9.17, 15) is 14.7 Å². The van der Waals surface area contributed by atoms with Gasteiger partial charge in [0.2, 0.25) is 5.91 Å². The largest absolute Gasteiger partial charge is 0.481 e. The third-order valence-electron chi connectivity index (χ3n) is 5.32. The third kappa shape index (κ3) is 2.78. The van der Waals surface area contributed by atoms with Crippen LogP contribution in [0.5, 0.6) is 0 Å². The first-order valence-corrected chi connectivity index (χ1v) is 8.22. The number of aliphatic carboxylic acids is 1. The quantitative estimate of drug-likeness (QED) is 0.840. The number of carboxylic acid groups (broad SMARTS) is 1. The summed E-state index contributed by atoms with van der Waals surface area (Å²) in [5.74, 6) is -1.82. The Hall–Kier alpha value is -2.10. The summed E-state index contributed by atoms with van der Waals surface area (Å²) in [6.45, 7) is 4.51. The fourth-order valence-electron chi connectivity index (χ4n) is 4.51. The molecule has 3 rings (SSSR count). The number of hydrogen-bond donors (Lipinski definition) is 2. The lowest BCUT2D eigenvalue weighted by Crippen LogP contribution is -2.41. The van der Waals surface area contributed by atoms with Crippen LogP contribution in [-0.4, -0.2) is 17.0 Å². The van der Waals surface area contributed by atoms with Gasteiger partial charge in [0.25, 0.3) is 0 Å². The van der Waals surface area contributed by atoms with Crippen molar-refractivity contribution in [1.29, 1.82) is 0 Å². The molecule has 0 heterocycles. The number of carboxylic acids is 1. The molecule has 2 bridgehead atoms. The molecule has 1 amide bonds. The number of fused-ring (bicyclic) bond motifs is 2. The fourth-order valence-corrected chi connectivity index (χ4v) is 4.51. The number of rotatable bonds is 4. The van der Waals surface area contributed by atoms with E-state index in [-0.39, 0.29) is 17.7 Å². The van der Waals surface area contributed by atoms with E-state index in [1.54, 1.807) is 0 Å². The van der Waals surface area contributed by atoms with Crippen LogP contribution < -0.4 is 5.32 Å². The standard InChI is InChI=1S/C19H23NO3/c1-11(2)15-13-8-9-14(15)17(19(22)23)16(13)18(21)20-10-12-6-4-3-5-7-12/h3-7,13-14,16-17H,8-10H2,1-2H3,(H,20,21)(H,22,23)/t13-,14-,16-,17-/m1/s1. The summed E-state index contributed by atoms with van der Waals surface area (Å²) in [5.41, 5.74) is 3.43. The molecule has 0 aromatic heterocycles. The number of hydrogen-bond acceptors (Lipinski definition) is 2. The van der Waals surface area contributed by atoms with Gasteiger partial charge in [0, 0.05) is 6.54 Å². The third-order valence-corrected chi connectivity index (χ3v) is 5.32. The molecule has 0 spiro atoms. The number of benzene rings is 1. The molecule has 2 fully saturated rings. The fraction of sp³-hybridized carbons (Fsp3) is 0.474. The maximum absolute atomic E-state index is 12.7. The van der Waals surface area contributed by atoms with Gasteiger partial charge in [0.05, 0.1) is 11.8 Å². The van der Waals surface area contributed by atoms with Crippen LogP contribution in [0.15, 0.2) is 41.5 Å². The van der Waals surface area contributed by atoms with Crippen LogP contribution in [0.3, 0.4) is 0 Å². The van der Waals surface area contributed by atoms with Crippen molar-refractivity contribution in [3.05, 3.63) is 47.0 Å². The van der Waals surface area contributed by atoms with Gasteiger partial charge >= 0.3 is 5.97 Å². The highest BCUT2D eigenvalue weighted by Gasteiger charge is 2.57. The Kier molecular flexibility index (Phi) is 4.24. The molecule has 0 unspecified atom stereocenters. The lowest BCUT2D eigenvalue weighted by molar-refractivity contribution is -0.149. The zero-order chi connectivity index (χ0) is 16.6. The zero-order valence-electron chi connectivity index (χ0n) is 13.6. The van der Waals surface area contributed by atoms with Gasteiger partial charge in [0.1, 0.15) is 0 Å². The second-order valence-corrected chi connectivity index (χ2v) is 6.84. The van der Waals surface area contributed by atoms with Gasteiger partial charge in [-0.15, -0.1) is 0 Å². The second kappa shape index (κ2) is 6.19. The van der Waals surface area contributed by atoms with E-state index in [4.69, 9.17) is 0 Å². The smallest absolute Gasteiger partial charge is 0.307 e. The van der Waals surface area contributed by atoms with Crippen LogP contribution in [-0.2, 0) is 16.1 Å². The molecule has 1 aromatic carbocycles. The van der Waals surface area contributed by atoms with E-state index < -0.39 is 17.8 Å². The van der Waals surface area contributed by atoms with E-state index in [1.807, 2.05) is 44.2 Å². The molecular formula is C19H23NO3. The lowest BCUT2D eigenvalue weighted by atomic mass is 9.78. The minimum Gasteiger partial charge on any atom is -0.481 e. The number of carbonyl (C=O) groups is 2. The van der Waals surface area contributed by atoms with Gasteiger partial charge in [-0.1, -0.05) is 41.5 Å². The van der Waals surface area contributed by atoms with Crippen molar-refractivity contribution in [3.63, 3.8) is 0 Å². The lowest BCUT2D eigenvalue weighted by Gasteiger charge is -2.26. The van der Waals surface area contributed by atoms with Crippen molar-refractivity contribution in [1.82, 2.24) is 5.32 Å². The minimum absolute atomic E-state index is 0.0370. The average Bonchev–Trinajstić information content (AvgIpc) is 3.09. The van der Waals surface area contributed by atoms with Gasteiger partial charge in [-0.3, -0.25) is 9.59 Å². The van der Waals surface area contributed by atoms with Crippen molar-refractivity contribution in [3.8, 4) is 0 Å². The molecule has 4 nitrogen and oxygen atoms in total. The number of amides is 1. The van der Waals surface area contributed by atoms with E-state index in [0.29, 0.717) is 6.54 Å². The van der Waals surface area contributed by atoms with Crippen LogP contribution in [0.1, 0.15) is 32.3 Å². The Morgan fingerprint density at radius 1 is 1.09 bits per heavy atom. The van der Waals surface area contributed by atoms with E-state index >= 15 is 0 Å². The molecule has 122 valence electrons. The van der Waals surface area contributed by atoms with E-state index in [2.05, 4.69) is 5.32 Å². The highest BCUT2D eigenvalue weighted by atomic mass is 16.4. The molecule has 0 saturated heterocycles. The summed E-state index contributed by atoms with van der Waals surface area (Å²) in [6.07, 6.45) is 1.82. The van der Waals surface area contributed by atoms with Crippen molar-refractivity contribution in [2.75, 3.05) is 0 Å². The normalized spacial score (nSPS) is 28.7. The van der Waals surface area contributed by atoms with Gasteiger partial charge in [-0.2, -0.15) is 0 Å². The van der Waals surface area contributed by atoms with Crippen molar-refractivity contribution in [2.45, 2.75) is 33.2 Å². The van der Waals surface area contributed by atoms with Crippen LogP contribution in [0.2, 0.25) is 0 Å². The number of allylic oxidation sites excluding steroid dienone is 2. The Morgan fingerprint density at radius 3 is 2.26 bits per heavy atom. The molecule has 2 aliphatic carbocycles. The maximum Gasteiger partial charge on any atom is 0.307 e. The van der Waals surface area contributed by atoms with E-state index in [1.165, 1.54) is 11.1 Å². The predicted molar refractivity (Wildman–Crippen MR) is 87.5 cm³/mol. The minimum atomic E-state index is -0.837. The highest BCUT2D eigenvalue weighted by molar-refractivity contribution is 5.87.